The number of anilines is 1. The van der Waals surface area contributed by atoms with Gasteiger partial charge >= 0.3 is 6.61 Å². The summed E-state index contributed by atoms with van der Waals surface area (Å²) in [5.74, 6) is 0.717. The molecule has 1 saturated heterocycles. The summed E-state index contributed by atoms with van der Waals surface area (Å²) in [7, 11) is 1.69. The van der Waals surface area contributed by atoms with Crippen LogP contribution in [0.15, 0.2) is 53.5 Å². The fraction of sp³-hybridized carbons (Fsp3) is 0.391. The van der Waals surface area contributed by atoms with Crippen molar-refractivity contribution < 1.29 is 18.3 Å². The van der Waals surface area contributed by atoms with Gasteiger partial charge in [-0.1, -0.05) is 24.3 Å². The zero-order chi connectivity index (χ0) is 22.9. The number of carbonyl (C=O) groups excluding carboxylic acids is 1. The maximum absolute atomic E-state index is 12.7. The number of aliphatic imine (C=N–C) groups is 1. The van der Waals surface area contributed by atoms with Crippen LogP contribution in [-0.2, 0) is 6.54 Å². The number of hydrogen-bond acceptors (Lipinski definition) is 4. The average Bonchev–Trinajstić information content (AvgIpc) is 3.25. The molecule has 33 heavy (non-hydrogen) atoms. The summed E-state index contributed by atoms with van der Waals surface area (Å²) in [6.07, 6.45) is 0.830. The van der Waals surface area contributed by atoms with Crippen molar-refractivity contribution in [2.75, 3.05) is 31.6 Å². The topological polar surface area (TPSA) is 78.0 Å². The van der Waals surface area contributed by atoms with Crippen LogP contribution in [0, 0.1) is 0 Å². The van der Waals surface area contributed by atoms with Gasteiger partial charge in [-0.15, -0.1) is 24.0 Å². The van der Waals surface area contributed by atoms with E-state index in [9.17, 15) is 13.6 Å². The first-order chi connectivity index (χ1) is 15.5. The monoisotopic (exact) mass is 573 g/mol. The summed E-state index contributed by atoms with van der Waals surface area (Å²) in [5, 5.41) is 9.44. The van der Waals surface area contributed by atoms with Crippen LogP contribution < -0.4 is 25.6 Å². The Labute approximate surface area is 210 Å². The van der Waals surface area contributed by atoms with E-state index in [1.807, 2.05) is 36.1 Å². The van der Waals surface area contributed by atoms with Gasteiger partial charge in [-0.05, 0) is 43.2 Å². The van der Waals surface area contributed by atoms with Crippen LogP contribution in [0.3, 0.4) is 0 Å². The molecular weight excluding hydrogens is 543 g/mol. The quantitative estimate of drug-likeness (QED) is 0.256. The Balaban J connectivity index is 0.00000385. The van der Waals surface area contributed by atoms with Gasteiger partial charge in [0.05, 0.1) is 5.69 Å². The number of alkyl halides is 2. The van der Waals surface area contributed by atoms with Crippen molar-refractivity contribution in [3.8, 4) is 5.75 Å². The maximum atomic E-state index is 12.7. The molecule has 3 rings (SSSR count). The van der Waals surface area contributed by atoms with Crippen molar-refractivity contribution in [1.29, 1.82) is 0 Å². The second-order valence-electron chi connectivity index (χ2n) is 7.41. The van der Waals surface area contributed by atoms with Gasteiger partial charge in [0.1, 0.15) is 5.75 Å². The number of carbonyl (C=O) groups is 1. The number of halogens is 3. The number of guanidine groups is 1. The molecule has 0 bridgehead atoms. The first-order valence-corrected chi connectivity index (χ1v) is 10.6. The largest absolute Gasteiger partial charge is 0.433 e. The summed E-state index contributed by atoms with van der Waals surface area (Å²) in [4.78, 5) is 18.3. The third-order valence-corrected chi connectivity index (χ3v) is 5.16. The number of hydrogen-bond donors (Lipinski definition) is 3. The molecular formula is C23H30F2IN5O2. The van der Waals surface area contributed by atoms with Crippen LogP contribution in [0.5, 0.6) is 5.75 Å². The molecule has 10 heteroatoms. The van der Waals surface area contributed by atoms with Crippen LogP contribution in [0.1, 0.15) is 29.3 Å². The number of para-hydroxylation sites is 2. The lowest BCUT2D eigenvalue weighted by atomic mass is 10.1. The SMILES string of the molecule is CCNC(=O)c1cccc(CNC(=NC)NC2CCN(c3ccccc3OC(F)F)C2)c1.I. The van der Waals surface area contributed by atoms with E-state index in [0.29, 0.717) is 43.4 Å². The third-order valence-electron chi connectivity index (χ3n) is 5.16. The average molecular weight is 573 g/mol. The van der Waals surface area contributed by atoms with E-state index >= 15 is 0 Å². The minimum absolute atomic E-state index is 0. The Morgan fingerprint density at radius 3 is 2.73 bits per heavy atom. The molecule has 1 heterocycles. The Bertz CT molecular complexity index is 945. The fourth-order valence-electron chi connectivity index (χ4n) is 3.67. The Morgan fingerprint density at radius 2 is 2.00 bits per heavy atom. The summed E-state index contributed by atoms with van der Waals surface area (Å²) >= 11 is 0. The van der Waals surface area contributed by atoms with Crippen molar-refractivity contribution in [1.82, 2.24) is 16.0 Å². The zero-order valence-corrected chi connectivity index (χ0v) is 21.0. The third kappa shape index (κ3) is 7.72. The molecule has 1 aliphatic heterocycles. The van der Waals surface area contributed by atoms with Crippen molar-refractivity contribution in [2.45, 2.75) is 32.5 Å². The van der Waals surface area contributed by atoms with Crippen molar-refractivity contribution in [2.24, 2.45) is 4.99 Å². The predicted octanol–water partition coefficient (Wildman–Crippen LogP) is 3.60. The maximum Gasteiger partial charge on any atom is 0.387 e. The van der Waals surface area contributed by atoms with Gasteiger partial charge < -0.3 is 25.6 Å². The summed E-state index contributed by atoms with van der Waals surface area (Å²) in [5.41, 5.74) is 2.23. The number of nitrogens with one attached hydrogen (secondary N) is 3. The van der Waals surface area contributed by atoms with Crippen LogP contribution in [0.2, 0.25) is 0 Å². The van der Waals surface area contributed by atoms with Gasteiger partial charge in [0.15, 0.2) is 5.96 Å². The smallest absolute Gasteiger partial charge is 0.387 e. The van der Waals surface area contributed by atoms with Crippen LogP contribution in [0.25, 0.3) is 0 Å². The van der Waals surface area contributed by atoms with Gasteiger partial charge in [0, 0.05) is 44.8 Å². The molecule has 7 nitrogen and oxygen atoms in total. The van der Waals surface area contributed by atoms with Gasteiger partial charge in [-0.3, -0.25) is 9.79 Å². The summed E-state index contributed by atoms with van der Waals surface area (Å²) < 4.78 is 30.1. The predicted molar refractivity (Wildman–Crippen MR) is 137 cm³/mol. The van der Waals surface area contributed by atoms with E-state index < -0.39 is 6.61 Å². The number of ether oxygens (including phenoxy) is 1. The molecule has 1 amide bonds. The van der Waals surface area contributed by atoms with Crippen LogP contribution in [0.4, 0.5) is 14.5 Å². The molecule has 2 aromatic carbocycles. The highest BCUT2D eigenvalue weighted by Crippen LogP contribution is 2.31. The zero-order valence-electron chi connectivity index (χ0n) is 18.7. The second kappa shape index (κ2) is 13.2. The van der Waals surface area contributed by atoms with E-state index in [0.717, 1.165) is 12.0 Å². The van der Waals surface area contributed by atoms with Gasteiger partial charge in [0.25, 0.3) is 5.91 Å². The Morgan fingerprint density at radius 1 is 1.21 bits per heavy atom. The van der Waals surface area contributed by atoms with Gasteiger partial charge in [0.2, 0.25) is 0 Å². The molecule has 0 radical (unpaired) electrons. The minimum atomic E-state index is -2.86. The highest BCUT2D eigenvalue weighted by molar-refractivity contribution is 14.0. The molecule has 180 valence electrons. The van der Waals surface area contributed by atoms with Crippen LogP contribution in [-0.4, -0.2) is 51.2 Å². The van der Waals surface area contributed by atoms with E-state index in [1.54, 1.807) is 31.3 Å². The molecule has 0 saturated carbocycles. The van der Waals surface area contributed by atoms with Crippen molar-refractivity contribution in [3.05, 3.63) is 59.7 Å². The molecule has 0 aliphatic carbocycles. The van der Waals surface area contributed by atoms with Crippen LogP contribution >= 0.6 is 24.0 Å². The summed E-state index contributed by atoms with van der Waals surface area (Å²) in [6.45, 7) is 1.46. The highest BCUT2D eigenvalue weighted by atomic mass is 127. The fourth-order valence-corrected chi connectivity index (χ4v) is 3.67. The molecule has 1 fully saturated rings. The van der Waals surface area contributed by atoms with Crippen molar-refractivity contribution in [3.63, 3.8) is 0 Å². The Kier molecular flexibility index (Phi) is 10.6. The lowest BCUT2D eigenvalue weighted by Gasteiger charge is -2.22. The van der Waals surface area contributed by atoms with E-state index in [4.69, 9.17) is 0 Å². The lowest BCUT2D eigenvalue weighted by molar-refractivity contribution is -0.0495. The van der Waals surface area contributed by atoms with E-state index in [2.05, 4.69) is 25.7 Å². The molecule has 3 N–H and O–H groups in total. The number of rotatable bonds is 8. The molecule has 0 aromatic heterocycles. The number of benzene rings is 2. The molecule has 0 spiro atoms. The number of nitrogens with zero attached hydrogens (tertiary/aromatic N) is 2. The standard InChI is InChI=1S/C23H29F2N5O2.HI/c1-3-27-21(31)17-8-6-7-16(13-17)14-28-23(26-2)29-18-11-12-30(15-18)19-9-4-5-10-20(19)32-22(24)25;/h4-10,13,18,22H,3,11-12,14-15H2,1-2H3,(H,27,31)(H2,26,28,29);1H. The van der Waals surface area contributed by atoms with Gasteiger partial charge in [-0.25, -0.2) is 0 Å². The van der Waals surface area contributed by atoms with Gasteiger partial charge in [-0.2, -0.15) is 8.78 Å². The minimum Gasteiger partial charge on any atom is -0.433 e. The first-order valence-electron chi connectivity index (χ1n) is 10.6. The Hall–Kier alpha value is -2.63. The molecule has 1 atom stereocenters. The lowest BCUT2D eigenvalue weighted by Crippen LogP contribution is -2.44. The summed E-state index contributed by atoms with van der Waals surface area (Å²) in [6, 6.07) is 14.4. The van der Waals surface area contributed by atoms with Crippen molar-refractivity contribution >= 4 is 41.5 Å². The molecule has 2 aromatic rings. The number of amides is 1. The highest BCUT2D eigenvalue weighted by Gasteiger charge is 2.26. The first kappa shape index (κ1) is 26.6. The van der Waals surface area contributed by atoms with E-state index in [1.165, 1.54) is 0 Å². The van der Waals surface area contributed by atoms with E-state index in [-0.39, 0.29) is 41.7 Å². The second-order valence-corrected chi connectivity index (χ2v) is 7.41. The molecule has 1 aliphatic rings. The molecule has 1 unspecified atom stereocenters. The normalized spacial score (nSPS) is 15.7.